The Morgan fingerprint density at radius 1 is 1.40 bits per heavy atom. The smallest absolute Gasteiger partial charge is 0.270 e. The molecule has 0 aliphatic rings. The first-order valence-corrected chi connectivity index (χ1v) is 6.49. The lowest BCUT2D eigenvalue weighted by Crippen LogP contribution is -2.16. The Labute approximate surface area is 62.8 Å². The molecule has 0 heterocycles. The normalized spacial score (nSPS) is 9.00. The Kier molecular flexibility index (Phi) is 2.92. The zero-order chi connectivity index (χ0) is 8.20. The molecule has 0 N–H and O–H groups in total. The molecule has 0 saturated carbocycles. The maximum absolute atomic E-state index is 10.5. The van der Waals surface area contributed by atoms with Crippen molar-refractivity contribution in [3.63, 3.8) is 0 Å². The topological polar surface area (TPSA) is 17.1 Å². The van der Waals surface area contributed by atoms with Gasteiger partial charge in [0.05, 0.1) is 0 Å². The lowest BCUT2D eigenvalue weighted by molar-refractivity contribution is -0.108. The van der Waals surface area contributed by atoms with Gasteiger partial charge in [0.15, 0.2) is 0 Å². The summed E-state index contributed by atoms with van der Waals surface area (Å²) in [7, 11) is -1.41. The molecule has 10 heavy (non-hydrogen) atoms. The number of ketones is 1. The first-order valence-electron chi connectivity index (χ1n) is 2.99. The molecule has 1 nitrogen and oxygen atoms in total. The number of hydrogen-bond acceptors (Lipinski definition) is 1. The fourth-order valence-electron chi connectivity index (χ4n) is 0.280. The average molecular weight is 150 g/mol. The van der Waals surface area contributed by atoms with E-state index < -0.39 is 13.9 Å². The summed E-state index contributed by atoms with van der Waals surface area (Å²) in [4.78, 5) is 10.5. The third-order valence-electron chi connectivity index (χ3n) is 0.682. The average Bonchev–Trinajstić information content (AvgIpc) is 1.81. The molecule has 0 unspecified atom stereocenters. The van der Waals surface area contributed by atoms with Crippen LogP contribution in [0.3, 0.4) is 0 Å². The van der Waals surface area contributed by atoms with Crippen molar-refractivity contribution in [2.75, 3.05) is 0 Å². The SMILES string of the molecule is C#CC(=O)C#C[Si](C)(C)C. The molecule has 0 aromatic rings. The molecule has 0 spiro atoms. The van der Waals surface area contributed by atoms with Gasteiger partial charge in [-0.2, -0.15) is 0 Å². The minimum absolute atomic E-state index is 0.414. The zero-order valence-electron chi connectivity index (χ0n) is 6.49. The van der Waals surface area contributed by atoms with Crippen molar-refractivity contribution in [3.05, 3.63) is 0 Å². The minimum atomic E-state index is -1.41. The molecule has 0 saturated heterocycles. The van der Waals surface area contributed by atoms with Gasteiger partial charge in [-0.05, 0) is 11.8 Å². The Morgan fingerprint density at radius 2 is 1.90 bits per heavy atom. The van der Waals surface area contributed by atoms with Crippen LogP contribution >= 0.6 is 0 Å². The number of hydrogen-bond donors (Lipinski definition) is 0. The second-order valence-corrected chi connectivity index (χ2v) is 7.72. The molecule has 0 aromatic carbocycles. The fourth-order valence-corrected chi connectivity index (χ4v) is 0.769. The highest BCUT2D eigenvalue weighted by molar-refractivity contribution is 6.84. The summed E-state index contributed by atoms with van der Waals surface area (Å²) in [6, 6.07) is 0. The molecule has 2 heteroatoms. The van der Waals surface area contributed by atoms with Crippen LogP contribution in [0.5, 0.6) is 0 Å². The predicted molar refractivity (Wildman–Crippen MR) is 45.0 cm³/mol. The molecule has 0 fully saturated rings. The molecular weight excluding hydrogens is 140 g/mol. The molecular formula is C8H10OSi. The molecule has 0 aromatic heterocycles. The van der Waals surface area contributed by atoms with E-state index in [4.69, 9.17) is 6.42 Å². The van der Waals surface area contributed by atoms with Crippen LogP contribution in [0.25, 0.3) is 0 Å². The van der Waals surface area contributed by atoms with Crippen LogP contribution in [0, 0.1) is 23.8 Å². The summed E-state index contributed by atoms with van der Waals surface area (Å²) in [5.41, 5.74) is 2.87. The maximum atomic E-state index is 10.5. The van der Waals surface area contributed by atoms with E-state index in [1.54, 1.807) is 0 Å². The van der Waals surface area contributed by atoms with E-state index in [1.807, 2.05) is 5.92 Å². The van der Waals surface area contributed by atoms with E-state index in [0.29, 0.717) is 0 Å². The number of carbonyl (C=O) groups is 1. The molecule has 52 valence electrons. The van der Waals surface area contributed by atoms with Gasteiger partial charge in [0, 0.05) is 0 Å². The van der Waals surface area contributed by atoms with E-state index in [0.717, 1.165) is 0 Å². The fraction of sp³-hybridized carbons (Fsp3) is 0.375. The Bertz CT molecular complexity index is 229. The number of terminal acetylenes is 1. The summed E-state index contributed by atoms with van der Waals surface area (Å²) in [6.45, 7) is 6.18. The van der Waals surface area contributed by atoms with Crippen LogP contribution in [-0.4, -0.2) is 13.9 Å². The summed E-state index contributed by atoms with van der Waals surface area (Å²) in [6.07, 6.45) is 4.81. The molecule has 0 aliphatic carbocycles. The molecule has 0 bridgehead atoms. The number of rotatable bonds is 0. The van der Waals surface area contributed by atoms with Crippen molar-refractivity contribution in [1.29, 1.82) is 0 Å². The van der Waals surface area contributed by atoms with Crippen LogP contribution in [-0.2, 0) is 4.79 Å². The zero-order valence-corrected chi connectivity index (χ0v) is 7.49. The molecule has 0 amide bonds. The third kappa shape index (κ3) is 5.15. The largest absolute Gasteiger partial charge is 0.278 e. The van der Waals surface area contributed by atoms with Crippen LogP contribution in [0.1, 0.15) is 0 Å². The minimum Gasteiger partial charge on any atom is -0.270 e. The van der Waals surface area contributed by atoms with Crippen molar-refractivity contribution < 1.29 is 4.79 Å². The van der Waals surface area contributed by atoms with Gasteiger partial charge in [0.2, 0.25) is 0 Å². The third-order valence-corrected chi connectivity index (χ3v) is 1.56. The second kappa shape index (κ2) is 3.24. The molecule has 0 radical (unpaired) electrons. The van der Waals surface area contributed by atoms with E-state index in [1.165, 1.54) is 0 Å². The highest BCUT2D eigenvalue weighted by atomic mass is 28.3. The lowest BCUT2D eigenvalue weighted by atomic mass is 10.4. The van der Waals surface area contributed by atoms with Gasteiger partial charge in [0.25, 0.3) is 5.78 Å². The molecule has 0 aliphatic heterocycles. The quantitative estimate of drug-likeness (QED) is 0.287. The summed E-state index contributed by atoms with van der Waals surface area (Å²) >= 11 is 0. The van der Waals surface area contributed by atoms with E-state index >= 15 is 0 Å². The second-order valence-electron chi connectivity index (χ2n) is 2.97. The number of carbonyl (C=O) groups excluding carboxylic acids is 1. The van der Waals surface area contributed by atoms with Crippen molar-refractivity contribution >= 4 is 13.9 Å². The van der Waals surface area contributed by atoms with Crippen molar-refractivity contribution in [2.24, 2.45) is 0 Å². The van der Waals surface area contributed by atoms with Gasteiger partial charge in [-0.15, -0.1) is 12.0 Å². The Balaban J connectivity index is 4.22. The number of Topliss-reactive ketones (excluding diaryl/α,β-unsaturated/α-hetero) is 1. The van der Waals surface area contributed by atoms with Gasteiger partial charge in [0.1, 0.15) is 8.07 Å². The predicted octanol–water partition coefficient (Wildman–Crippen LogP) is 1.07. The van der Waals surface area contributed by atoms with Crippen LogP contribution < -0.4 is 0 Å². The van der Waals surface area contributed by atoms with E-state index in [9.17, 15) is 4.79 Å². The first kappa shape index (κ1) is 9.01. The Hall–Kier alpha value is -0.993. The van der Waals surface area contributed by atoms with Crippen molar-refractivity contribution in [1.82, 2.24) is 0 Å². The highest BCUT2D eigenvalue weighted by Gasteiger charge is 2.07. The molecule has 0 rings (SSSR count). The standard InChI is InChI=1S/C8H10OSi/c1-5-8(9)6-7-10(2,3)4/h1H,2-4H3. The van der Waals surface area contributed by atoms with Crippen LogP contribution in [0.2, 0.25) is 19.6 Å². The first-order chi connectivity index (χ1) is 4.45. The summed E-state index contributed by atoms with van der Waals surface area (Å²) in [5, 5.41) is 0. The maximum Gasteiger partial charge on any atom is 0.278 e. The summed E-state index contributed by atoms with van der Waals surface area (Å²) in [5.74, 6) is 3.94. The van der Waals surface area contributed by atoms with E-state index in [-0.39, 0.29) is 0 Å². The van der Waals surface area contributed by atoms with Gasteiger partial charge in [-0.3, -0.25) is 4.79 Å². The lowest BCUT2D eigenvalue weighted by Gasteiger charge is -2.01. The van der Waals surface area contributed by atoms with Gasteiger partial charge in [-0.1, -0.05) is 19.6 Å². The van der Waals surface area contributed by atoms with Gasteiger partial charge >= 0.3 is 0 Å². The van der Waals surface area contributed by atoms with Crippen molar-refractivity contribution in [2.45, 2.75) is 19.6 Å². The van der Waals surface area contributed by atoms with Crippen LogP contribution in [0.15, 0.2) is 0 Å². The van der Waals surface area contributed by atoms with E-state index in [2.05, 4.69) is 31.1 Å². The molecule has 0 atom stereocenters. The van der Waals surface area contributed by atoms with Crippen molar-refractivity contribution in [3.8, 4) is 23.8 Å². The highest BCUT2D eigenvalue weighted by Crippen LogP contribution is 1.95. The van der Waals surface area contributed by atoms with Gasteiger partial charge < -0.3 is 0 Å². The van der Waals surface area contributed by atoms with Gasteiger partial charge in [-0.25, -0.2) is 0 Å². The summed E-state index contributed by atoms with van der Waals surface area (Å²) < 4.78 is 0. The van der Waals surface area contributed by atoms with Crippen LogP contribution in [0.4, 0.5) is 0 Å². The monoisotopic (exact) mass is 150 g/mol. The Morgan fingerprint density at radius 3 is 2.20 bits per heavy atom.